The second-order valence-corrected chi connectivity index (χ2v) is 5.92. The van der Waals surface area contributed by atoms with E-state index in [0.717, 1.165) is 28.7 Å². The Balaban J connectivity index is 1.66. The number of aliphatic carboxylic acids is 1. The van der Waals surface area contributed by atoms with E-state index < -0.39 is 11.9 Å². The molecule has 1 saturated heterocycles. The van der Waals surface area contributed by atoms with Gasteiger partial charge in [-0.1, -0.05) is 18.2 Å². The molecule has 6 heteroatoms. The van der Waals surface area contributed by atoms with Crippen molar-refractivity contribution in [3.63, 3.8) is 0 Å². The van der Waals surface area contributed by atoms with Gasteiger partial charge < -0.3 is 19.7 Å². The number of urea groups is 1. The van der Waals surface area contributed by atoms with Gasteiger partial charge in [-0.3, -0.25) is 4.79 Å². The van der Waals surface area contributed by atoms with Gasteiger partial charge in [-0.05, 0) is 25.8 Å². The van der Waals surface area contributed by atoms with Gasteiger partial charge in [0.1, 0.15) is 11.3 Å². The molecule has 0 spiro atoms. The van der Waals surface area contributed by atoms with E-state index in [-0.39, 0.29) is 12.6 Å². The molecular formula is C17H20N2O4. The van der Waals surface area contributed by atoms with E-state index in [9.17, 15) is 9.59 Å². The summed E-state index contributed by atoms with van der Waals surface area (Å²) in [4.78, 5) is 25.0. The van der Waals surface area contributed by atoms with E-state index in [0.29, 0.717) is 19.5 Å². The Bertz CT molecular complexity index is 737. The number of likely N-dealkylation sites (tertiary alicyclic amines) is 1. The smallest absolute Gasteiger partial charge is 0.317 e. The molecule has 122 valence electrons. The topological polar surface area (TPSA) is 82.8 Å². The molecule has 6 nitrogen and oxygen atoms in total. The Kier molecular flexibility index (Phi) is 4.23. The molecule has 1 aliphatic heterocycles. The highest BCUT2D eigenvalue weighted by atomic mass is 16.4. The molecular weight excluding hydrogens is 296 g/mol. The molecule has 2 N–H and O–H groups in total. The van der Waals surface area contributed by atoms with Crippen LogP contribution in [0.5, 0.6) is 0 Å². The van der Waals surface area contributed by atoms with E-state index in [2.05, 4.69) is 5.32 Å². The average molecular weight is 316 g/mol. The molecule has 1 aliphatic rings. The van der Waals surface area contributed by atoms with Gasteiger partial charge in [-0.15, -0.1) is 0 Å². The van der Waals surface area contributed by atoms with E-state index in [1.807, 2.05) is 31.2 Å². The summed E-state index contributed by atoms with van der Waals surface area (Å²) in [5, 5.41) is 13.0. The van der Waals surface area contributed by atoms with Crippen LogP contribution in [0.15, 0.2) is 28.7 Å². The third-order valence-electron chi connectivity index (χ3n) is 4.37. The quantitative estimate of drug-likeness (QED) is 0.912. The van der Waals surface area contributed by atoms with Gasteiger partial charge in [0.25, 0.3) is 0 Å². The molecule has 1 aromatic heterocycles. The third kappa shape index (κ3) is 3.16. The molecule has 3 rings (SSSR count). The predicted molar refractivity (Wildman–Crippen MR) is 85.1 cm³/mol. The van der Waals surface area contributed by atoms with E-state index in [1.165, 1.54) is 0 Å². The summed E-state index contributed by atoms with van der Waals surface area (Å²) < 4.78 is 5.68. The van der Waals surface area contributed by atoms with Crippen LogP contribution in [-0.4, -0.2) is 35.1 Å². The normalized spacial score (nSPS) is 18.1. The molecule has 0 bridgehead atoms. The maximum Gasteiger partial charge on any atom is 0.317 e. The zero-order valence-electron chi connectivity index (χ0n) is 13.0. The van der Waals surface area contributed by atoms with E-state index >= 15 is 0 Å². The number of carbonyl (C=O) groups excluding carboxylic acids is 1. The van der Waals surface area contributed by atoms with Crippen molar-refractivity contribution in [1.82, 2.24) is 10.2 Å². The molecule has 2 amide bonds. The van der Waals surface area contributed by atoms with Gasteiger partial charge in [-0.25, -0.2) is 4.79 Å². The van der Waals surface area contributed by atoms with Crippen molar-refractivity contribution in [2.24, 2.45) is 5.92 Å². The molecule has 0 aliphatic carbocycles. The van der Waals surface area contributed by atoms with E-state index in [1.54, 1.807) is 4.90 Å². The highest BCUT2D eigenvalue weighted by molar-refractivity contribution is 5.83. The number of aryl methyl sites for hydroxylation is 1. The number of rotatable bonds is 3. The molecule has 0 radical (unpaired) electrons. The minimum absolute atomic E-state index is 0.222. The summed E-state index contributed by atoms with van der Waals surface area (Å²) in [6, 6.07) is 7.49. The van der Waals surface area contributed by atoms with Crippen LogP contribution < -0.4 is 5.32 Å². The fraction of sp³-hybridized carbons (Fsp3) is 0.412. The summed E-state index contributed by atoms with van der Waals surface area (Å²) in [7, 11) is 0. The van der Waals surface area contributed by atoms with Crippen LogP contribution in [0.4, 0.5) is 4.79 Å². The highest BCUT2D eigenvalue weighted by Crippen LogP contribution is 2.25. The van der Waals surface area contributed by atoms with Crippen molar-refractivity contribution >= 4 is 23.0 Å². The van der Waals surface area contributed by atoms with Crippen LogP contribution in [0.1, 0.15) is 24.2 Å². The molecule has 1 aromatic carbocycles. The number of benzene rings is 1. The lowest BCUT2D eigenvalue weighted by atomic mass is 9.99. The molecule has 0 saturated carbocycles. The van der Waals surface area contributed by atoms with Crippen molar-refractivity contribution in [2.45, 2.75) is 26.3 Å². The maximum absolute atomic E-state index is 12.3. The summed E-state index contributed by atoms with van der Waals surface area (Å²) in [5.41, 5.74) is 1.76. The Morgan fingerprint density at radius 1 is 1.39 bits per heavy atom. The number of furan rings is 1. The van der Waals surface area contributed by atoms with Crippen LogP contribution in [0.2, 0.25) is 0 Å². The Labute approximate surface area is 134 Å². The first kappa shape index (κ1) is 15.4. The standard InChI is InChI=1S/C17H20N2O4/c1-11-14(13-6-2-3-7-15(13)23-11)9-18-17(22)19-8-4-5-12(10-19)16(20)21/h2-3,6-7,12H,4-5,8-10H2,1H3,(H,18,22)(H,20,21). The monoisotopic (exact) mass is 316 g/mol. The molecule has 2 aromatic rings. The third-order valence-corrected chi connectivity index (χ3v) is 4.37. The number of nitrogens with zero attached hydrogens (tertiary/aromatic N) is 1. The van der Waals surface area contributed by atoms with Gasteiger partial charge >= 0.3 is 12.0 Å². The van der Waals surface area contributed by atoms with Crippen LogP contribution >= 0.6 is 0 Å². The van der Waals surface area contributed by atoms with Gasteiger partial charge in [-0.2, -0.15) is 0 Å². The average Bonchev–Trinajstić information content (AvgIpc) is 2.88. The molecule has 1 atom stereocenters. The van der Waals surface area contributed by atoms with Crippen LogP contribution in [0.3, 0.4) is 0 Å². The lowest BCUT2D eigenvalue weighted by molar-refractivity contribution is -0.143. The first-order valence-electron chi connectivity index (χ1n) is 7.79. The zero-order chi connectivity index (χ0) is 16.4. The summed E-state index contributed by atoms with van der Waals surface area (Å²) in [6.07, 6.45) is 1.35. The van der Waals surface area contributed by atoms with Gasteiger partial charge in [0.15, 0.2) is 0 Å². The predicted octanol–water partition coefficient (Wildman–Crippen LogP) is 2.75. The second kappa shape index (κ2) is 6.32. The van der Waals surface area contributed by atoms with Crippen LogP contribution in [-0.2, 0) is 11.3 Å². The van der Waals surface area contributed by atoms with Crippen molar-refractivity contribution in [3.8, 4) is 0 Å². The number of carboxylic acids is 1. The number of amides is 2. The Morgan fingerprint density at radius 2 is 2.17 bits per heavy atom. The fourth-order valence-electron chi connectivity index (χ4n) is 3.08. The number of para-hydroxylation sites is 1. The molecule has 1 unspecified atom stereocenters. The number of carboxylic acid groups (broad SMARTS) is 1. The van der Waals surface area contributed by atoms with Crippen LogP contribution in [0.25, 0.3) is 11.0 Å². The Hall–Kier alpha value is -2.50. The number of hydrogen-bond acceptors (Lipinski definition) is 3. The first-order chi connectivity index (χ1) is 11.1. The second-order valence-electron chi connectivity index (χ2n) is 5.92. The molecule has 23 heavy (non-hydrogen) atoms. The minimum Gasteiger partial charge on any atom is -0.481 e. The number of nitrogens with one attached hydrogen (secondary N) is 1. The Morgan fingerprint density at radius 3 is 2.96 bits per heavy atom. The number of carbonyl (C=O) groups is 2. The summed E-state index contributed by atoms with van der Waals surface area (Å²) in [6.45, 7) is 3.12. The fourth-order valence-corrected chi connectivity index (χ4v) is 3.08. The number of hydrogen-bond donors (Lipinski definition) is 2. The SMILES string of the molecule is Cc1oc2ccccc2c1CNC(=O)N1CCCC(C(=O)O)C1. The zero-order valence-corrected chi connectivity index (χ0v) is 13.0. The van der Waals surface area contributed by atoms with Crippen molar-refractivity contribution in [2.75, 3.05) is 13.1 Å². The van der Waals surface area contributed by atoms with Gasteiger partial charge in [0.05, 0.1) is 5.92 Å². The van der Waals surface area contributed by atoms with Crippen LogP contribution in [0, 0.1) is 12.8 Å². The van der Waals surface area contributed by atoms with Gasteiger partial charge in [0, 0.05) is 30.6 Å². The number of fused-ring (bicyclic) bond motifs is 1. The lowest BCUT2D eigenvalue weighted by Crippen LogP contribution is -2.46. The molecule has 2 heterocycles. The minimum atomic E-state index is -0.834. The highest BCUT2D eigenvalue weighted by Gasteiger charge is 2.28. The largest absolute Gasteiger partial charge is 0.481 e. The summed E-state index contributed by atoms with van der Waals surface area (Å²) >= 11 is 0. The first-order valence-corrected chi connectivity index (χ1v) is 7.79. The lowest BCUT2D eigenvalue weighted by Gasteiger charge is -2.30. The molecule has 1 fully saturated rings. The van der Waals surface area contributed by atoms with E-state index in [4.69, 9.17) is 9.52 Å². The number of piperidine rings is 1. The summed E-state index contributed by atoms with van der Waals surface area (Å²) in [5.74, 6) is -0.515. The van der Waals surface area contributed by atoms with Gasteiger partial charge in [0.2, 0.25) is 0 Å². The van der Waals surface area contributed by atoms with Crippen molar-refractivity contribution in [3.05, 3.63) is 35.6 Å². The van der Waals surface area contributed by atoms with Crippen molar-refractivity contribution < 1.29 is 19.1 Å². The maximum atomic E-state index is 12.3. The van der Waals surface area contributed by atoms with Crippen molar-refractivity contribution in [1.29, 1.82) is 0 Å².